The first-order chi connectivity index (χ1) is 18.2. The predicted molar refractivity (Wildman–Crippen MR) is 135 cm³/mol. The van der Waals surface area contributed by atoms with Gasteiger partial charge in [0.25, 0.3) is 0 Å². The van der Waals surface area contributed by atoms with Crippen molar-refractivity contribution in [2.75, 3.05) is 13.1 Å². The summed E-state index contributed by atoms with van der Waals surface area (Å²) in [6.07, 6.45) is 5.71. The molecular weight excluding hydrogens is 493 g/mol. The summed E-state index contributed by atoms with van der Waals surface area (Å²) >= 11 is 0. The average Bonchev–Trinajstić information content (AvgIpc) is 3.41. The van der Waals surface area contributed by atoms with E-state index in [1.54, 1.807) is 18.6 Å². The van der Waals surface area contributed by atoms with E-state index in [0.717, 1.165) is 48.1 Å². The second-order valence-electron chi connectivity index (χ2n) is 11.5. The Hall–Kier alpha value is -3.40. The van der Waals surface area contributed by atoms with Gasteiger partial charge in [0, 0.05) is 45.0 Å². The van der Waals surface area contributed by atoms with Gasteiger partial charge in [0.05, 0.1) is 16.8 Å². The number of imidazole rings is 1. The Kier molecular flexibility index (Phi) is 5.17. The first-order valence-corrected chi connectivity index (χ1v) is 13.2. The highest BCUT2D eigenvalue weighted by Gasteiger charge is 2.52. The summed E-state index contributed by atoms with van der Waals surface area (Å²) < 4.78 is 46.9. The highest BCUT2D eigenvalue weighted by molar-refractivity contribution is 5.58. The largest absolute Gasteiger partial charge is 0.418 e. The Morgan fingerprint density at radius 2 is 1.92 bits per heavy atom. The van der Waals surface area contributed by atoms with Crippen LogP contribution in [-0.2, 0) is 19.8 Å². The Morgan fingerprint density at radius 1 is 1.13 bits per heavy atom. The third-order valence-corrected chi connectivity index (χ3v) is 8.76. The van der Waals surface area contributed by atoms with E-state index >= 15 is 0 Å². The SMILES string of the molecule is Cn1cnnc1C(c1cccc(-n2cc3c(C(F)(F)F)cc(CN4CC5(CC5)C4)cn3c2=O)c1)C1CCC1. The van der Waals surface area contributed by atoms with Crippen LogP contribution in [0.25, 0.3) is 11.2 Å². The topological polar surface area (TPSA) is 60.4 Å². The molecule has 3 aliphatic rings. The number of hydrogen-bond donors (Lipinski definition) is 0. The molecule has 2 aliphatic carbocycles. The van der Waals surface area contributed by atoms with E-state index in [1.165, 1.54) is 29.7 Å². The number of aryl methyl sites for hydroxylation is 1. The van der Waals surface area contributed by atoms with E-state index in [-0.39, 0.29) is 11.4 Å². The van der Waals surface area contributed by atoms with E-state index in [0.29, 0.717) is 29.1 Å². The summed E-state index contributed by atoms with van der Waals surface area (Å²) in [6, 6.07) is 8.73. The van der Waals surface area contributed by atoms with Crippen molar-refractivity contribution in [3.8, 4) is 5.69 Å². The van der Waals surface area contributed by atoms with Gasteiger partial charge in [-0.3, -0.25) is 13.9 Å². The molecule has 198 valence electrons. The molecule has 3 fully saturated rings. The van der Waals surface area contributed by atoms with E-state index in [1.807, 2.05) is 29.8 Å². The fourth-order valence-electron chi connectivity index (χ4n) is 6.36. The van der Waals surface area contributed by atoms with Gasteiger partial charge in [-0.25, -0.2) is 4.79 Å². The van der Waals surface area contributed by atoms with Gasteiger partial charge in [0.1, 0.15) is 12.2 Å². The van der Waals surface area contributed by atoms with Crippen LogP contribution in [0.4, 0.5) is 13.2 Å². The molecule has 1 spiro atoms. The molecule has 7 rings (SSSR count). The van der Waals surface area contributed by atoms with Gasteiger partial charge in [-0.15, -0.1) is 10.2 Å². The predicted octanol–water partition coefficient (Wildman–Crippen LogP) is 4.77. The smallest absolute Gasteiger partial charge is 0.320 e. The quantitative estimate of drug-likeness (QED) is 0.366. The second-order valence-corrected chi connectivity index (χ2v) is 11.5. The van der Waals surface area contributed by atoms with Crippen LogP contribution >= 0.6 is 0 Å². The fourth-order valence-corrected chi connectivity index (χ4v) is 6.36. The van der Waals surface area contributed by atoms with Crippen molar-refractivity contribution >= 4 is 5.52 Å². The molecule has 0 bridgehead atoms. The summed E-state index contributed by atoms with van der Waals surface area (Å²) in [5.74, 6) is 1.27. The summed E-state index contributed by atoms with van der Waals surface area (Å²) in [4.78, 5) is 15.7. The van der Waals surface area contributed by atoms with Gasteiger partial charge in [0.15, 0.2) is 0 Å². The number of likely N-dealkylation sites (tertiary alicyclic amines) is 1. The maximum absolute atomic E-state index is 14.2. The number of pyridine rings is 1. The molecule has 0 N–H and O–H groups in total. The zero-order valence-electron chi connectivity index (χ0n) is 21.2. The molecule has 1 aromatic carbocycles. The summed E-state index contributed by atoms with van der Waals surface area (Å²) in [5, 5.41) is 8.42. The molecule has 4 aromatic rings. The van der Waals surface area contributed by atoms with Crippen molar-refractivity contribution in [2.45, 2.75) is 50.7 Å². The molecule has 1 atom stereocenters. The van der Waals surface area contributed by atoms with Crippen molar-refractivity contribution in [1.29, 1.82) is 0 Å². The monoisotopic (exact) mass is 522 g/mol. The second kappa shape index (κ2) is 8.30. The van der Waals surface area contributed by atoms with Crippen LogP contribution < -0.4 is 5.69 Å². The van der Waals surface area contributed by atoms with Crippen LogP contribution in [0.3, 0.4) is 0 Å². The molecule has 1 unspecified atom stereocenters. The average molecular weight is 523 g/mol. The van der Waals surface area contributed by atoms with Crippen LogP contribution in [0.2, 0.25) is 0 Å². The van der Waals surface area contributed by atoms with Crippen molar-refractivity contribution in [3.63, 3.8) is 0 Å². The van der Waals surface area contributed by atoms with Crippen molar-refractivity contribution in [2.24, 2.45) is 18.4 Å². The number of halogens is 3. The lowest BCUT2D eigenvalue weighted by molar-refractivity contribution is -0.136. The minimum absolute atomic E-state index is 0.00700. The first-order valence-electron chi connectivity index (χ1n) is 13.2. The third-order valence-electron chi connectivity index (χ3n) is 8.76. The van der Waals surface area contributed by atoms with Gasteiger partial charge in [-0.1, -0.05) is 18.6 Å². The van der Waals surface area contributed by atoms with E-state index in [2.05, 4.69) is 15.1 Å². The highest BCUT2D eigenvalue weighted by atomic mass is 19.4. The number of fused-ring (bicyclic) bond motifs is 1. The molecule has 1 aliphatic heterocycles. The molecule has 3 aromatic heterocycles. The standard InChI is InChI=1S/C28H29F3N6O/c1-34-17-32-33-25(34)24(19-4-2-5-19)20-6-3-7-21(11-20)36-14-23-22(28(29,30)31)10-18(13-37(23)26(36)38)12-35-15-27(16-35)8-9-27/h3,6-7,10-11,13-14,17,19,24H,2,4-5,8-9,12,15-16H2,1H3. The van der Waals surface area contributed by atoms with Crippen molar-refractivity contribution in [1.82, 2.24) is 28.6 Å². The lowest BCUT2D eigenvalue weighted by atomic mass is 9.72. The number of hydrogen-bond acceptors (Lipinski definition) is 4. The molecule has 10 heteroatoms. The lowest BCUT2D eigenvalue weighted by Gasteiger charge is -2.40. The Morgan fingerprint density at radius 3 is 2.55 bits per heavy atom. The van der Waals surface area contributed by atoms with Gasteiger partial charge in [-0.05, 0) is 66.3 Å². The normalized spacial score (nSPS) is 20.0. The van der Waals surface area contributed by atoms with Gasteiger partial charge in [0.2, 0.25) is 0 Å². The minimum Gasteiger partial charge on any atom is -0.320 e. The summed E-state index contributed by atoms with van der Waals surface area (Å²) in [5.41, 5.74) is 0.999. The molecule has 0 amide bonds. The van der Waals surface area contributed by atoms with Gasteiger partial charge in [-0.2, -0.15) is 13.2 Å². The van der Waals surface area contributed by atoms with E-state index < -0.39 is 17.4 Å². The zero-order chi connectivity index (χ0) is 26.2. The van der Waals surface area contributed by atoms with Gasteiger partial charge >= 0.3 is 11.9 Å². The Bertz CT molecular complexity index is 1580. The number of nitrogens with zero attached hydrogens (tertiary/aromatic N) is 6. The Labute approximate surface area is 217 Å². The first kappa shape index (κ1) is 23.7. The van der Waals surface area contributed by atoms with Crippen molar-refractivity contribution in [3.05, 3.63) is 82.1 Å². The molecule has 2 saturated carbocycles. The van der Waals surface area contributed by atoms with Crippen LogP contribution in [-0.4, -0.2) is 41.7 Å². The molecule has 7 nitrogen and oxygen atoms in total. The third kappa shape index (κ3) is 3.88. The fraction of sp³-hybridized carbons (Fsp3) is 0.464. The molecule has 0 radical (unpaired) electrons. The zero-order valence-corrected chi connectivity index (χ0v) is 21.2. The maximum atomic E-state index is 14.2. The van der Waals surface area contributed by atoms with Crippen LogP contribution in [0.5, 0.6) is 0 Å². The van der Waals surface area contributed by atoms with Crippen LogP contribution in [0.1, 0.15) is 60.5 Å². The molecule has 38 heavy (non-hydrogen) atoms. The van der Waals surface area contributed by atoms with Crippen molar-refractivity contribution < 1.29 is 13.2 Å². The van der Waals surface area contributed by atoms with Crippen LogP contribution in [0.15, 0.2) is 53.8 Å². The number of aromatic nitrogens is 5. The Balaban J connectivity index is 1.29. The van der Waals surface area contributed by atoms with Gasteiger partial charge < -0.3 is 4.57 Å². The molecule has 1 saturated heterocycles. The van der Waals surface area contributed by atoms with E-state index in [9.17, 15) is 18.0 Å². The summed E-state index contributed by atoms with van der Waals surface area (Å²) in [6.45, 7) is 2.25. The summed E-state index contributed by atoms with van der Waals surface area (Å²) in [7, 11) is 1.91. The minimum atomic E-state index is -4.57. The maximum Gasteiger partial charge on any atom is 0.418 e. The van der Waals surface area contributed by atoms with Crippen LogP contribution in [0, 0.1) is 11.3 Å². The molecule has 4 heterocycles. The van der Waals surface area contributed by atoms with E-state index in [4.69, 9.17) is 0 Å². The molecular formula is C28H29F3N6O. The number of alkyl halides is 3. The lowest BCUT2D eigenvalue weighted by Crippen LogP contribution is -2.47. The number of rotatable bonds is 6. The highest BCUT2D eigenvalue weighted by Crippen LogP contribution is 2.53. The number of benzene rings is 1.